The third-order valence-corrected chi connectivity index (χ3v) is 5.39. The first-order valence-electron chi connectivity index (χ1n) is 8.95. The number of nitrogens with two attached hydrogens (primary N) is 1. The molecule has 7 heteroatoms. The molecule has 2 aromatic carbocycles. The van der Waals surface area contributed by atoms with Crippen LogP contribution in [0.2, 0.25) is 0 Å². The van der Waals surface area contributed by atoms with Gasteiger partial charge in [0.15, 0.2) is 0 Å². The summed E-state index contributed by atoms with van der Waals surface area (Å²) in [4.78, 5) is 29.2. The highest BCUT2D eigenvalue weighted by Crippen LogP contribution is 2.23. The van der Waals surface area contributed by atoms with Crippen LogP contribution in [0.3, 0.4) is 0 Å². The summed E-state index contributed by atoms with van der Waals surface area (Å²) in [6.45, 7) is 0. The van der Waals surface area contributed by atoms with Crippen molar-refractivity contribution in [1.82, 2.24) is 9.38 Å². The Morgan fingerprint density at radius 2 is 1.69 bits per heavy atom. The highest BCUT2D eigenvalue weighted by Gasteiger charge is 2.08. The first kappa shape index (κ1) is 18.8. The van der Waals surface area contributed by atoms with Crippen LogP contribution < -0.4 is 11.1 Å². The predicted molar refractivity (Wildman–Crippen MR) is 114 cm³/mol. The number of hydrogen-bond acceptors (Lipinski definition) is 4. The first-order valence-corrected chi connectivity index (χ1v) is 9.94. The molecule has 0 unspecified atom stereocenters. The van der Waals surface area contributed by atoms with Gasteiger partial charge in [0, 0.05) is 39.9 Å². The van der Waals surface area contributed by atoms with Gasteiger partial charge in [0.05, 0.1) is 5.69 Å². The average molecular weight is 402 g/mol. The lowest BCUT2D eigenvalue weighted by atomic mass is 10.2. The molecule has 6 nitrogen and oxygen atoms in total. The summed E-state index contributed by atoms with van der Waals surface area (Å²) in [6.07, 6.45) is 4.00. The van der Waals surface area contributed by atoms with Gasteiger partial charge in [0.2, 0.25) is 5.91 Å². The fraction of sp³-hybridized carbons (Fsp3) is 0.0455. The molecule has 0 saturated heterocycles. The summed E-state index contributed by atoms with van der Waals surface area (Å²) in [5.41, 5.74) is 8.71. The number of rotatable bonds is 6. The van der Waals surface area contributed by atoms with E-state index in [1.54, 1.807) is 48.2 Å². The third-order valence-electron chi connectivity index (χ3n) is 4.34. The molecule has 2 aromatic heterocycles. The number of aromatic nitrogens is 2. The smallest absolute Gasteiger partial charge is 0.255 e. The lowest BCUT2D eigenvalue weighted by Crippen LogP contribution is -2.13. The molecule has 2 amide bonds. The van der Waals surface area contributed by atoms with Crippen LogP contribution in [0.5, 0.6) is 0 Å². The summed E-state index contributed by atoms with van der Waals surface area (Å²) < 4.78 is 2.00. The Morgan fingerprint density at radius 1 is 0.966 bits per heavy atom. The van der Waals surface area contributed by atoms with Crippen molar-refractivity contribution in [1.29, 1.82) is 0 Å². The molecule has 0 aliphatic heterocycles. The molecule has 4 rings (SSSR count). The zero-order valence-electron chi connectivity index (χ0n) is 15.4. The van der Waals surface area contributed by atoms with E-state index in [1.165, 1.54) is 0 Å². The lowest BCUT2D eigenvalue weighted by Gasteiger charge is -2.07. The van der Waals surface area contributed by atoms with Crippen molar-refractivity contribution in [2.45, 2.75) is 10.6 Å². The molecule has 2 heterocycles. The van der Waals surface area contributed by atoms with Crippen molar-refractivity contribution in [2.24, 2.45) is 5.73 Å². The van der Waals surface area contributed by atoms with Crippen LogP contribution in [0.15, 0.2) is 84.0 Å². The molecular weight excluding hydrogens is 384 g/mol. The van der Waals surface area contributed by atoms with E-state index in [9.17, 15) is 9.59 Å². The number of anilines is 1. The molecule has 0 aliphatic rings. The number of benzene rings is 2. The van der Waals surface area contributed by atoms with Crippen molar-refractivity contribution in [3.63, 3.8) is 0 Å². The van der Waals surface area contributed by atoms with E-state index in [1.807, 2.05) is 47.1 Å². The molecule has 0 atom stereocenters. The van der Waals surface area contributed by atoms with Crippen LogP contribution in [0.4, 0.5) is 5.69 Å². The molecule has 0 bridgehead atoms. The number of primary amides is 1. The Kier molecular flexibility index (Phi) is 5.31. The Hall–Kier alpha value is -3.58. The molecule has 0 saturated carbocycles. The minimum Gasteiger partial charge on any atom is -0.366 e. The number of carbonyl (C=O) groups excluding carboxylic acids is 2. The van der Waals surface area contributed by atoms with E-state index >= 15 is 0 Å². The summed E-state index contributed by atoms with van der Waals surface area (Å²) in [7, 11) is 0. The summed E-state index contributed by atoms with van der Waals surface area (Å²) in [5, 5.41) is 2.81. The molecule has 144 valence electrons. The van der Waals surface area contributed by atoms with Crippen molar-refractivity contribution in [2.75, 3.05) is 5.32 Å². The molecular formula is C22H18N4O2S. The van der Waals surface area contributed by atoms with Crippen LogP contribution in [0.1, 0.15) is 26.4 Å². The second kappa shape index (κ2) is 8.20. The van der Waals surface area contributed by atoms with E-state index in [4.69, 9.17) is 5.73 Å². The Labute approximate surface area is 171 Å². The molecule has 4 aromatic rings. The third kappa shape index (κ3) is 4.47. The summed E-state index contributed by atoms with van der Waals surface area (Å²) in [5.74, 6) is 0.0349. The zero-order chi connectivity index (χ0) is 20.2. The van der Waals surface area contributed by atoms with Gasteiger partial charge in [-0.3, -0.25) is 9.59 Å². The van der Waals surface area contributed by atoms with Gasteiger partial charge in [-0.15, -0.1) is 11.8 Å². The van der Waals surface area contributed by atoms with Crippen LogP contribution in [0, 0.1) is 0 Å². The van der Waals surface area contributed by atoms with E-state index < -0.39 is 5.91 Å². The van der Waals surface area contributed by atoms with Crippen LogP contribution in [0.25, 0.3) is 5.65 Å². The highest BCUT2D eigenvalue weighted by molar-refractivity contribution is 7.98. The summed E-state index contributed by atoms with van der Waals surface area (Å²) in [6, 6.07) is 19.8. The van der Waals surface area contributed by atoms with Gasteiger partial charge >= 0.3 is 0 Å². The number of pyridine rings is 1. The molecule has 0 aliphatic carbocycles. The minimum absolute atomic E-state index is 0.214. The fourth-order valence-electron chi connectivity index (χ4n) is 2.84. The predicted octanol–water partition coefficient (Wildman–Crippen LogP) is 3.98. The maximum atomic E-state index is 12.4. The van der Waals surface area contributed by atoms with Gasteiger partial charge < -0.3 is 15.5 Å². The largest absolute Gasteiger partial charge is 0.366 e. The maximum absolute atomic E-state index is 12.4. The van der Waals surface area contributed by atoms with Gasteiger partial charge in [0.25, 0.3) is 5.91 Å². The molecule has 0 spiro atoms. The number of nitrogens with zero attached hydrogens (tertiary/aromatic N) is 2. The molecule has 0 fully saturated rings. The number of thioether (sulfide) groups is 1. The zero-order valence-corrected chi connectivity index (χ0v) is 16.2. The number of nitrogens with one attached hydrogen (secondary N) is 1. The van der Waals surface area contributed by atoms with E-state index in [2.05, 4.69) is 10.3 Å². The van der Waals surface area contributed by atoms with E-state index in [0.717, 1.165) is 22.0 Å². The minimum atomic E-state index is -0.500. The quantitative estimate of drug-likeness (QED) is 0.478. The van der Waals surface area contributed by atoms with E-state index in [0.29, 0.717) is 16.8 Å². The number of amides is 2. The SMILES string of the molecule is NC(=O)c1ccc(NC(=O)c2ccc(SCc3cn4ccccc4n3)cc2)cc1. The molecule has 0 radical (unpaired) electrons. The second-order valence-corrected chi connectivity index (χ2v) is 7.46. The Bertz CT molecular complexity index is 1130. The van der Waals surface area contributed by atoms with Gasteiger partial charge in [-0.05, 0) is 60.7 Å². The topological polar surface area (TPSA) is 89.5 Å². The van der Waals surface area contributed by atoms with E-state index in [-0.39, 0.29) is 5.91 Å². The monoisotopic (exact) mass is 402 g/mol. The van der Waals surface area contributed by atoms with Crippen molar-refractivity contribution in [3.8, 4) is 0 Å². The number of imidazole rings is 1. The number of hydrogen-bond donors (Lipinski definition) is 2. The maximum Gasteiger partial charge on any atom is 0.255 e. The molecule has 29 heavy (non-hydrogen) atoms. The van der Waals surface area contributed by atoms with Gasteiger partial charge in [-0.1, -0.05) is 6.07 Å². The normalized spacial score (nSPS) is 10.8. The lowest BCUT2D eigenvalue weighted by molar-refractivity contribution is 0.0998. The first-order chi connectivity index (χ1) is 14.1. The van der Waals surface area contributed by atoms with Gasteiger partial charge in [-0.25, -0.2) is 4.98 Å². The van der Waals surface area contributed by atoms with Crippen LogP contribution in [-0.2, 0) is 5.75 Å². The van der Waals surface area contributed by atoms with Crippen molar-refractivity contribution < 1.29 is 9.59 Å². The highest BCUT2D eigenvalue weighted by atomic mass is 32.2. The van der Waals surface area contributed by atoms with Crippen molar-refractivity contribution >= 4 is 34.9 Å². The number of carbonyl (C=O) groups is 2. The second-order valence-electron chi connectivity index (χ2n) is 6.41. The molecule has 3 N–H and O–H groups in total. The average Bonchev–Trinajstić information content (AvgIpc) is 3.16. The Morgan fingerprint density at radius 3 is 2.38 bits per heavy atom. The standard InChI is InChI=1S/C22H18N4O2S/c23-21(27)15-4-8-17(9-5-15)25-22(28)16-6-10-19(11-7-16)29-14-18-13-26-12-2-1-3-20(26)24-18/h1-13H,14H2,(H2,23,27)(H,25,28). The number of fused-ring (bicyclic) bond motifs is 1. The Balaban J connectivity index is 1.36. The van der Waals surface area contributed by atoms with Gasteiger partial charge in [-0.2, -0.15) is 0 Å². The summed E-state index contributed by atoms with van der Waals surface area (Å²) >= 11 is 1.67. The van der Waals surface area contributed by atoms with Crippen LogP contribution >= 0.6 is 11.8 Å². The van der Waals surface area contributed by atoms with Gasteiger partial charge in [0.1, 0.15) is 5.65 Å². The fourth-order valence-corrected chi connectivity index (χ4v) is 3.62. The van der Waals surface area contributed by atoms with Crippen LogP contribution in [-0.4, -0.2) is 21.2 Å². The van der Waals surface area contributed by atoms with Crippen molar-refractivity contribution in [3.05, 3.63) is 95.9 Å².